The summed E-state index contributed by atoms with van der Waals surface area (Å²) in [6, 6.07) is 0.0767. The number of rotatable bonds is 11. The Morgan fingerprint density at radius 3 is 2.39 bits per heavy atom. The van der Waals surface area contributed by atoms with Gasteiger partial charge in [-0.05, 0) is 40.0 Å². The number of carbonyl (C=O) groups excluding carboxylic acids is 2. The van der Waals surface area contributed by atoms with Crippen LogP contribution in [0.4, 0.5) is 4.79 Å². The van der Waals surface area contributed by atoms with Crippen LogP contribution < -0.4 is 16.0 Å². The molecule has 0 spiro atoms. The molecule has 0 heterocycles. The van der Waals surface area contributed by atoms with Crippen LogP contribution in [0.15, 0.2) is 0 Å². The van der Waals surface area contributed by atoms with Crippen LogP contribution in [0.5, 0.6) is 0 Å². The molecule has 3 N–H and O–H groups in total. The molecule has 0 aliphatic heterocycles. The molecule has 7 nitrogen and oxygen atoms in total. The summed E-state index contributed by atoms with van der Waals surface area (Å²) in [5, 5.41) is 8.71. The second-order valence-corrected chi connectivity index (χ2v) is 6.45. The van der Waals surface area contributed by atoms with Gasteiger partial charge in [-0.1, -0.05) is 6.92 Å². The molecule has 1 unspecified atom stereocenters. The summed E-state index contributed by atoms with van der Waals surface area (Å²) in [4.78, 5) is 23.1. The lowest BCUT2D eigenvalue weighted by Gasteiger charge is -2.20. The monoisotopic (exact) mass is 331 g/mol. The van der Waals surface area contributed by atoms with Crippen LogP contribution >= 0.6 is 0 Å². The van der Waals surface area contributed by atoms with E-state index in [0.29, 0.717) is 19.7 Å². The number of methoxy groups -OCH3 is 1. The maximum atomic E-state index is 11.6. The third kappa shape index (κ3) is 14.0. The molecular formula is C16H33N3O4. The zero-order valence-corrected chi connectivity index (χ0v) is 15.2. The van der Waals surface area contributed by atoms with E-state index in [0.717, 1.165) is 19.3 Å². The highest BCUT2D eigenvalue weighted by atomic mass is 16.6. The smallest absolute Gasteiger partial charge is 0.407 e. The van der Waals surface area contributed by atoms with E-state index in [1.807, 2.05) is 27.7 Å². The normalized spacial score (nSPS) is 12.6. The van der Waals surface area contributed by atoms with Gasteiger partial charge < -0.3 is 25.4 Å². The molecule has 0 saturated carbocycles. The third-order valence-electron chi connectivity index (χ3n) is 2.89. The Kier molecular flexibility index (Phi) is 11.4. The van der Waals surface area contributed by atoms with Gasteiger partial charge in [-0.25, -0.2) is 4.79 Å². The van der Waals surface area contributed by atoms with Gasteiger partial charge in [-0.3, -0.25) is 4.79 Å². The largest absolute Gasteiger partial charge is 0.444 e. The molecule has 0 aliphatic carbocycles. The summed E-state index contributed by atoms with van der Waals surface area (Å²) < 4.78 is 10.3. The number of hydrogen-bond donors (Lipinski definition) is 3. The summed E-state index contributed by atoms with van der Waals surface area (Å²) in [5.74, 6) is -0.0140. The van der Waals surface area contributed by atoms with Gasteiger partial charge in [-0.15, -0.1) is 0 Å². The first kappa shape index (κ1) is 21.7. The quantitative estimate of drug-likeness (QED) is 0.498. The Bertz CT molecular complexity index is 343. The number of alkyl carbamates (subject to hydrolysis) is 1. The van der Waals surface area contributed by atoms with Crippen molar-refractivity contribution in [3.05, 3.63) is 0 Å². The predicted octanol–water partition coefficient (Wildman–Crippen LogP) is 1.42. The first-order chi connectivity index (χ1) is 10.8. The molecule has 0 aromatic carbocycles. The lowest BCUT2D eigenvalue weighted by atomic mass is 10.1. The van der Waals surface area contributed by atoms with Crippen molar-refractivity contribution >= 4 is 12.0 Å². The number of carbonyl (C=O) groups is 2. The standard InChI is InChI=1S/C16H33N3O4/c1-6-9-17-14(20)11-19-13(12-22-5)8-7-10-18-15(21)23-16(2,3)4/h13,19H,6-12H2,1-5H3,(H,17,20)(H,18,21). The summed E-state index contributed by atoms with van der Waals surface area (Å²) in [7, 11) is 1.63. The van der Waals surface area contributed by atoms with Gasteiger partial charge in [0.2, 0.25) is 5.91 Å². The van der Waals surface area contributed by atoms with Crippen molar-refractivity contribution in [3.63, 3.8) is 0 Å². The molecule has 7 heteroatoms. The van der Waals surface area contributed by atoms with Crippen molar-refractivity contribution in [1.82, 2.24) is 16.0 Å². The van der Waals surface area contributed by atoms with Gasteiger partial charge in [-0.2, -0.15) is 0 Å². The molecular weight excluding hydrogens is 298 g/mol. The van der Waals surface area contributed by atoms with Crippen molar-refractivity contribution in [2.75, 3.05) is 33.4 Å². The lowest BCUT2D eigenvalue weighted by Crippen LogP contribution is -2.41. The first-order valence-electron chi connectivity index (χ1n) is 8.24. The third-order valence-corrected chi connectivity index (χ3v) is 2.89. The van der Waals surface area contributed by atoms with Crippen LogP contribution in [0.1, 0.15) is 47.0 Å². The Hall–Kier alpha value is -1.34. The molecule has 0 bridgehead atoms. The molecule has 136 valence electrons. The van der Waals surface area contributed by atoms with Crippen molar-refractivity contribution in [2.24, 2.45) is 0 Å². The molecule has 0 rings (SSSR count). The van der Waals surface area contributed by atoms with Crippen molar-refractivity contribution < 1.29 is 19.1 Å². The van der Waals surface area contributed by atoms with Crippen molar-refractivity contribution in [2.45, 2.75) is 58.6 Å². The minimum absolute atomic E-state index is 0.0140. The Morgan fingerprint density at radius 1 is 1.13 bits per heavy atom. The topological polar surface area (TPSA) is 88.7 Å². The SMILES string of the molecule is CCCNC(=O)CNC(CCCNC(=O)OC(C)(C)C)COC. The molecule has 23 heavy (non-hydrogen) atoms. The summed E-state index contributed by atoms with van der Waals surface area (Å²) >= 11 is 0. The van der Waals surface area contributed by atoms with Crippen LogP contribution in [-0.2, 0) is 14.3 Å². The summed E-state index contributed by atoms with van der Waals surface area (Å²) in [5.41, 5.74) is -0.490. The fraction of sp³-hybridized carbons (Fsp3) is 0.875. The van der Waals surface area contributed by atoms with Crippen molar-refractivity contribution in [1.29, 1.82) is 0 Å². The van der Waals surface area contributed by atoms with E-state index in [2.05, 4.69) is 16.0 Å². The fourth-order valence-corrected chi connectivity index (χ4v) is 1.86. The van der Waals surface area contributed by atoms with E-state index in [1.54, 1.807) is 7.11 Å². The Morgan fingerprint density at radius 2 is 1.83 bits per heavy atom. The fourth-order valence-electron chi connectivity index (χ4n) is 1.86. The van der Waals surface area contributed by atoms with E-state index in [-0.39, 0.29) is 18.5 Å². The molecule has 0 fully saturated rings. The van der Waals surface area contributed by atoms with E-state index in [4.69, 9.17) is 9.47 Å². The van der Waals surface area contributed by atoms with Gasteiger partial charge in [0, 0.05) is 26.2 Å². The van der Waals surface area contributed by atoms with E-state index >= 15 is 0 Å². The minimum atomic E-state index is -0.490. The maximum Gasteiger partial charge on any atom is 0.407 e. The summed E-state index contributed by atoms with van der Waals surface area (Å²) in [6.07, 6.45) is 2.08. The minimum Gasteiger partial charge on any atom is -0.444 e. The highest BCUT2D eigenvalue weighted by Gasteiger charge is 2.16. The molecule has 0 aromatic rings. The number of hydrogen-bond acceptors (Lipinski definition) is 5. The van der Waals surface area contributed by atoms with E-state index < -0.39 is 11.7 Å². The first-order valence-corrected chi connectivity index (χ1v) is 8.24. The van der Waals surface area contributed by atoms with Gasteiger partial charge in [0.05, 0.1) is 13.2 Å². The van der Waals surface area contributed by atoms with Gasteiger partial charge in [0.15, 0.2) is 0 Å². The highest BCUT2D eigenvalue weighted by molar-refractivity contribution is 5.77. The van der Waals surface area contributed by atoms with Crippen LogP contribution in [0, 0.1) is 0 Å². The molecule has 0 aromatic heterocycles. The highest BCUT2D eigenvalue weighted by Crippen LogP contribution is 2.06. The van der Waals surface area contributed by atoms with Crippen molar-refractivity contribution in [3.8, 4) is 0 Å². The molecule has 2 amide bonds. The predicted molar refractivity (Wildman–Crippen MR) is 90.4 cm³/mol. The maximum absolute atomic E-state index is 11.6. The van der Waals surface area contributed by atoms with Crippen LogP contribution in [0.2, 0.25) is 0 Å². The lowest BCUT2D eigenvalue weighted by molar-refractivity contribution is -0.120. The molecule has 0 aliphatic rings. The molecule has 0 saturated heterocycles. The zero-order chi connectivity index (χ0) is 17.7. The second kappa shape index (κ2) is 12.1. The average Bonchev–Trinajstić information content (AvgIpc) is 2.45. The Balaban J connectivity index is 3.91. The Labute approximate surface area is 139 Å². The average molecular weight is 331 g/mol. The number of ether oxygens (including phenoxy) is 2. The van der Waals surface area contributed by atoms with E-state index in [9.17, 15) is 9.59 Å². The van der Waals surface area contributed by atoms with Crippen LogP contribution in [0.3, 0.4) is 0 Å². The van der Waals surface area contributed by atoms with Crippen LogP contribution in [0.25, 0.3) is 0 Å². The van der Waals surface area contributed by atoms with Gasteiger partial charge >= 0.3 is 6.09 Å². The number of nitrogens with one attached hydrogen (secondary N) is 3. The van der Waals surface area contributed by atoms with Gasteiger partial charge in [0.1, 0.15) is 5.60 Å². The second-order valence-electron chi connectivity index (χ2n) is 6.45. The van der Waals surface area contributed by atoms with E-state index in [1.165, 1.54) is 0 Å². The number of amides is 2. The summed E-state index contributed by atoms with van der Waals surface area (Å²) in [6.45, 7) is 9.51. The molecule has 1 atom stereocenters. The molecule has 0 radical (unpaired) electrons. The van der Waals surface area contributed by atoms with Gasteiger partial charge in [0.25, 0.3) is 0 Å². The van der Waals surface area contributed by atoms with Crippen LogP contribution in [-0.4, -0.2) is 57.0 Å². The zero-order valence-electron chi connectivity index (χ0n) is 15.2.